The van der Waals surface area contributed by atoms with E-state index in [9.17, 15) is 0 Å². The van der Waals surface area contributed by atoms with Crippen LogP contribution in [0.5, 0.6) is 0 Å². The molecule has 1 N–H and O–H groups in total. The summed E-state index contributed by atoms with van der Waals surface area (Å²) in [4.78, 5) is 4.35. The van der Waals surface area contributed by atoms with Gasteiger partial charge in [-0.1, -0.05) is 13.8 Å². The third-order valence-corrected chi connectivity index (χ3v) is 3.35. The highest BCUT2D eigenvalue weighted by Crippen LogP contribution is 2.20. The third-order valence-electron chi connectivity index (χ3n) is 2.22. The molecular formula is C12H20N2S. The molecule has 0 fully saturated rings. The van der Waals surface area contributed by atoms with Gasteiger partial charge in [-0.25, -0.2) is 4.98 Å². The maximum Gasteiger partial charge on any atom is 0.0963 e. The molecule has 0 amide bonds. The Kier molecular flexibility index (Phi) is 5.73. The molecule has 84 valence electrons. The van der Waals surface area contributed by atoms with Gasteiger partial charge in [-0.05, 0) is 43.3 Å². The molecule has 15 heavy (non-hydrogen) atoms. The molecule has 0 saturated carbocycles. The molecule has 0 saturated heterocycles. The molecule has 0 radical (unpaired) electrons. The zero-order valence-corrected chi connectivity index (χ0v) is 10.6. The molecule has 0 aromatic carbocycles. The molecule has 0 aliphatic heterocycles. The first-order chi connectivity index (χ1) is 7.27. The Bertz CT molecular complexity index is 289. The number of thioether (sulfide) groups is 1. The molecule has 0 aliphatic carbocycles. The Balaban J connectivity index is 2.64. The summed E-state index contributed by atoms with van der Waals surface area (Å²) in [6, 6.07) is 4.69. The van der Waals surface area contributed by atoms with Crippen molar-refractivity contribution in [3.63, 3.8) is 0 Å². The number of nitrogens with zero attached hydrogens (tertiary/aromatic N) is 1. The minimum atomic E-state index is 0.416. The Morgan fingerprint density at radius 1 is 1.47 bits per heavy atom. The number of nitrogens with one attached hydrogen (secondary N) is 1. The molecule has 2 nitrogen and oxygen atoms in total. The van der Waals surface area contributed by atoms with Crippen LogP contribution in [0.25, 0.3) is 0 Å². The summed E-state index contributed by atoms with van der Waals surface area (Å²) < 4.78 is 0. The van der Waals surface area contributed by atoms with Crippen LogP contribution in [-0.2, 0) is 0 Å². The molecule has 1 heterocycles. The van der Waals surface area contributed by atoms with E-state index in [1.54, 1.807) is 0 Å². The average molecular weight is 224 g/mol. The van der Waals surface area contributed by atoms with Crippen molar-refractivity contribution in [2.24, 2.45) is 0 Å². The van der Waals surface area contributed by atoms with E-state index in [2.05, 4.69) is 43.2 Å². The number of hydrogen-bond acceptors (Lipinski definition) is 3. The summed E-state index contributed by atoms with van der Waals surface area (Å²) >= 11 is 1.83. The van der Waals surface area contributed by atoms with Gasteiger partial charge in [0.25, 0.3) is 0 Å². The Labute approximate surface area is 96.9 Å². The summed E-state index contributed by atoms with van der Waals surface area (Å²) in [7, 11) is 0. The van der Waals surface area contributed by atoms with Crippen molar-refractivity contribution in [2.75, 3.05) is 12.3 Å². The second kappa shape index (κ2) is 6.85. The molecule has 0 spiro atoms. The van der Waals surface area contributed by atoms with Gasteiger partial charge in [0.2, 0.25) is 0 Å². The van der Waals surface area contributed by atoms with Crippen LogP contribution in [0.2, 0.25) is 0 Å². The minimum Gasteiger partial charge on any atom is -0.310 e. The van der Waals surface area contributed by atoms with Gasteiger partial charge in [-0.15, -0.1) is 11.8 Å². The van der Waals surface area contributed by atoms with E-state index < -0.39 is 0 Å². The topological polar surface area (TPSA) is 24.9 Å². The molecular weight excluding hydrogens is 204 g/mol. The van der Waals surface area contributed by atoms with Crippen LogP contribution in [0.3, 0.4) is 0 Å². The summed E-state index contributed by atoms with van der Waals surface area (Å²) in [5.74, 6) is 1.14. The number of pyridine rings is 1. The Morgan fingerprint density at radius 2 is 2.27 bits per heavy atom. The quantitative estimate of drug-likeness (QED) is 0.751. The lowest BCUT2D eigenvalue weighted by molar-refractivity contribution is 0.596. The van der Waals surface area contributed by atoms with Crippen molar-refractivity contribution >= 4 is 11.8 Å². The van der Waals surface area contributed by atoms with Crippen molar-refractivity contribution in [1.82, 2.24) is 10.3 Å². The van der Waals surface area contributed by atoms with Gasteiger partial charge in [-0.2, -0.15) is 0 Å². The summed E-state index contributed by atoms with van der Waals surface area (Å²) in [5, 5.41) is 4.55. The lowest BCUT2D eigenvalue weighted by Gasteiger charge is -2.13. The van der Waals surface area contributed by atoms with E-state index >= 15 is 0 Å². The second-order valence-electron chi connectivity index (χ2n) is 3.56. The Morgan fingerprint density at radius 3 is 2.93 bits per heavy atom. The second-order valence-corrected chi connectivity index (χ2v) is 4.67. The number of aromatic nitrogens is 1. The molecule has 3 heteroatoms. The zero-order valence-electron chi connectivity index (χ0n) is 9.79. The maximum absolute atomic E-state index is 4.35. The first kappa shape index (κ1) is 12.5. The summed E-state index contributed by atoms with van der Waals surface area (Å²) in [6.45, 7) is 7.51. The fraction of sp³-hybridized carbons (Fsp3) is 0.583. The maximum atomic E-state index is 4.35. The van der Waals surface area contributed by atoms with E-state index in [-0.39, 0.29) is 0 Å². The SMILES string of the molecule is CCCSc1cc(C(C)NCC)ccn1. The van der Waals surface area contributed by atoms with Gasteiger partial charge in [0.1, 0.15) is 0 Å². The molecule has 0 aliphatic rings. The number of hydrogen-bond donors (Lipinski definition) is 1. The highest BCUT2D eigenvalue weighted by atomic mass is 32.2. The predicted octanol–water partition coefficient (Wildman–Crippen LogP) is 3.25. The van der Waals surface area contributed by atoms with E-state index in [0.717, 1.165) is 17.3 Å². The van der Waals surface area contributed by atoms with Crippen LogP contribution in [0.1, 0.15) is 38.8 Å². The van der Waals surface area contributed by atoms with Gasteiger partial charge in [-0.3, -0.25) is 0 Å². The molecule has 1 rings (SSSR count). The van der Waals surface area contributed by atoms with Gasteiger partial charge in [0, 0.05) is 12.2 Å². The molecule has 0 bridgehead atoms. The highest BCUT2D eigenvalue weighted by Gasteiger charge is 2.04. The van der Waals surface area contributed by atoms with Gasteiger partial charge < -0.3 is 5.32 Å². The van der Waals surface area contributed by atoms with Crippen molar-refractivity contribution in [2.45, 2.75) is 38.3 Å². The molecule has 1 atom stereocenters. The molecule has 1 aromatic heterocycles. The Hall–Kier alpha value is -0.540. The van der Waals surface area contributed by atoms with Gasteiger partial charge >= 0.3 is 0 Å². The normalized spacial score (nSPS) is 12.7. The third kappa shape index (κ3) is 4.22. The van der Waals surface area contributed by atoms with E-state index in [1.165, 1.54) is 12.0 Å². The molecule has 1 aromatic rings. The zero-order chi connectivity index (χ0) is 11.1. The predicted molar refractivity (Wildman–Crippen MR) is 67.3 cm³/mol. The van der Waals surface area contributed by atoms with Crippen molar-refractivity contribution < 1.29 is 0 Å². The summed E-state index contributed by atoms with van der Waals surface area (Å²) in [6.07, 6.45) is 3.10. The minimum absolute atomic E-state index is 0.416. The van der Waals surface area contributed by atoms with Crippen molar-refractivity contribution in [3.8, 4) is 0 Å². The van der Waals surface area contributed by atoms with Crippen LogP contribution in [0, 0.1) is 0 Å². The lowest BCUT2D eigenvalue weighted by Crippen LogP contribution is -2.17. The van der Waals surface area contributed by atoms with Crippen LogP contribution in [0.15, 0.2) is 23.4 Å². The largest absolute Gasteiger partial charge is 0.310 e. The van der Waals surface area contributed by atoms with E-state index in [1.807, 2.05) is 18.0 Å². The van der Waals surface area contributed by atoms with Crippen molar-refractivity contribution in [3.05, 3.63) is 23.9 Å². The average Bonchev–Trinajstić information content (AvgIpc) is 2.27. The number of rotatable bonds is 6. The van der Waals surface area contributed by atoms with Crippen LogP contribution >= 0.6 is 11.8 Å². The molecule has 1 unspecified atom stereocenters. The fourth-order valence-corrected chi connectivity index (χ4v) is 2.17. The fourth-order valence-electron chi connectivity index (χ4n) is 1.40. The van der Waals surface area contributed by atoms with Crippen molar-refractivity contribution in [1.29, 1.82) is 0 Å². The van der Waals surface area contributed by atoms with Crippen LogP contribution in [-0.4, -0.2) is 17.3 Å². The van der Waals surface area contributed by atoms with E-state index in [4.69, 9.17) is 0 Å². The lowest BCUT2D eigenvalue weighted by atomic mass is 10.1. The first-order valence-corrected chi connectivity index (χ1v) is 6.58. The van der Waals surface area contributed by atoms with Gasteiger partial charge in [0.05, 0.1) is 5.03 Å². The highest BCUT2D eigenvalue weighted by molar-refractivity contribution is 7.99. The smallest absolute Gasteiger partial charge is 0.0963 e. The first-order valence-electron chi connectivity index (χ1n) is 5.60. The van der Waals surface area contributed by atoms with Crippen LogP contribution < -0.4 is 5.32 Å². The monoisotopic (exact) mass is 224 g/mol. The van der Waals surface area contributed by atoms with Crippen LogP contribution in [0.4, 0.5) is 0 Å². The summed E-state index contributed by atoms with van der Waals surface area (Å²) in [5.41, 5.74) is 1.32. The van der Waals surface area contributed by atoms with E-state index in [0.29, 0.717) is 6.04 Å². The van der Waals surface area contributed by atoms with Gasteiger partial charge in [0.15, 0.2) is 0 Å². The standard InChI is InChI=1S/C12H20N2S/c1-4-8-15-12-9-11(6-7-14-12)10(3)13-5-2/h6-7,9-10,13H,4-5,8H2,1-3H3.